The highest BCUT2D eigenvalue weighted by molar-refractivity contribution is 6.17. The Morgan fingerprint density at radius 3 is 2.60 bits per heavy atom. The van der Waals surface area contributed by atoms with Crippen LogP contribution in [0.5, 0.6) is 0 Å². The van der Waals surface area contributed by atoms with Crippen molar-refractivity contribution in [3.63, 3.8) is 0 Å². The molecular weight excluding hydrogens is 212 g/mol. The normalized spacial score (nSPS) is 10.2. The van der Waals surface area contributed by atoms with Gasteiger partial charge in [0.1, 0.15) is 0 Å². The summed E-state index contributed by atoms with van der Waals surface area (Å²) in [5.74, 6) is 0.0501. The highest BCUT2D eigenvalue weighted by Gasteiger charge is 1.93. The van der Waals surface area contributed by atoms with Crippen LogP contribution in [0, 0.1) is 0 Å². The fourth-order valence-corrected chi connectivity index (χ4v) is 1.18. The summed E-state index contributed by atoms with van der Waals surface area (Å²) in [5.41, 5.74) is 1.97. The summed E-state index contributed by atoms with van der Waals surface area (Å²) in [6.07, 6.45) is 4.12. The standard InChI is InChI=1S/C12H11ClO2/c1-2-15-12(14)8-7-10-3-5-11(9-13)6-4-10/h2-8H,1,9H2/b8-7+. The van der Waals surface area contributed by atoms with Crippen LogP contribution in [0.3, 0.4) is 0 Å². The highest BCUT2D eigenvalue weighted by Crippen LogP contribution is 2.08. The SMILES string of the molecule is C=COC(=O)/C=C/c1ccc(CCl)cc1. The van der Waals surface area contributed by atoms with E-state index in [0.717, 1.165) is 17.4 Å². The minimum atomic E-state index is -0.439. The lowest BCUT2D eigenvalue weighted by Gasteiger charge is -1.96. The van der Waals surface area contributed by atoms with E-state index in [1.54, 1.807) is 6.08 Å². The third-order valence-electron chi connectivity index (χ3n) is 1.75. The van der Waals surface area contributed by atoms with Crippen molar-refractivity contribution in [2.45, 2.75) is 5.88 Å². The summed E-state index contributed by atoms with van der Waals surface area (Å²) in [6, 6.07) is 7.59. The molecule has 1 rings (SSSR count). The number of halogens is 1. The monoisotopic (exact) mass is 222 g/mol. The van der Waals surface area contributed by atoms with Crippen LogP contribution in [0.4, 0.5) is 0 Å². The van der Waals surface area contributed by atoms with Gasteiger partial charge in [-0.1, -0.05) is 30.8 Å². The Bertz CT molecular complexity index is 366. The summed E-state index contributed by atoms with van der Waals surface area (Å²) in [5, 5.41) is 0. The van der Waals surface area contributed by atoms with Crippen molar-refractivity contribution < 1.29 is 9.53 Å². The topological polar surface area (TPSA) is 26.3 Å². The van der Waals surface area contributed by atoms with Crippen LogP contribution < -0.4 is 0 Å². The second-order valence-electron chi connectivity index (χ2n) is 2.81. The maximum Gasteiger partial charge on any atom is 0.335 e. The van der Waals surface area contributed by atoms with Gasteiger partial charge in [0, 0.05) is 12.0 Å². The van der Waals surface area contributed by atoms with E-state index in [1.807, 2.05) is 24.3 Å². The first kappa shape index (κ1) is 11.5. The maximum absolute atomic E-state index is 10.9. The molecule has 0 fully saturated rings. The zero-order valence-electron chi connectivity index (χ0n) is 8.15. The molecule has 0 atom stereocenters. The molecule has 0 aliphatic rings. The number of hydrogen-bond donors (Lipinski definition) is 0. The van der Waals surface area contributed by atoms with Crippen LogP contribution in [0.1, 0.15) is 11.1 Å². The Hall–Kier alpha value is -1.54. The van der Waals surface area contributed by atoms with Crippen molar-refractivity contribution in [2.75, 3.05) is 0 Å². The molecule has 1 aromatic carbocycles. The van der Waals surface area contributed by atoms with Gasteiger partial charge in [-0.05, 0) is 17.2 Å². The van der Waals surface area contributed by atoms with Crippen LogP contribution in [-0.2, 0) is 15.4 Å². The first-order valence-electron chi connectivity index (χ1n) is 4.41. The molecule has 0 radical (unpaired) electrons. The van der Waals surface area contributed by atoms with Crippen LogP contribution >= 0.6 is 11.6 Å². The molecule has 0 heterocycles. The summed E-state index contributed by atoms with van der Waals surface area (Å²) in [7, 11) is 0. The Balaban J connectivity index is 2.64. The summed E-state index contributed by atoms with van der Waals surface area (Å²) >= 11 is 5.64. The molecule has 15 heavy (non-hydrogen) atoms. The molecule has 78 valence electrons. The molecule has 0 saturated heterocycles. The Labute approximate surface area is 93.8 Å². The van der Waals surface area contributed by atoms with Crippen molar-refractivity contribution in [3.05, 3.63) is 54.3 Å². The smallest absolute Gasteiger partial charge is 0.335 e. The van der Waals surface area contributed by atoms with Gasteiger partial charge in [-0.15, -0.1) is 11.6 Å². The molecule has 0 amide bonds. The Kier molecular flexibility index (Phi) is 4.64. The first-order chi connectivity index (χ1) is 7.26. The van der Waals surface area contributed by atoms with Gasteiger partial charge < -0.3 is 4.74 Å². The molecule has 0 spiro atoms. The lowest BCUT2D eigenvalue weighted by molar-refractivity contribution is -0.132. The minimum absolute atomic E-state index is 0.439. The molecule has 3 heteroatoms. The van der Waals surface area contributed by atoms with Crippen molar-refractivity contribution in [1.29, 1.82) is 0 Å². The number of esters is 1. The van der Waals surface area contributed by atoms with Gasteiger partial charge in [0.2, 0.25) is 0 Å². The van der Waals surface area contributed by atoms with Gasteiger partial charge in [-0.3, -0.25) is 0 Å². The van der Waals surface area contributed by atoms with Crippen molar-refractivity contribution >= 4 is 23.6 Å². The molecule has 0 saturated carbocycles. The molecule has 0 aromatic heterocycles. The first-order valence-corrected chi connectivity index (χ1v) is 4.94. The van der Waals surface area contributed by atoms with Crippen molar-refractivity contribution in [1.82, 2.24) is 0 Å². The Morgan fingerprint density at radius 2 is 2.07 bits per heavy atom. The third-order valence-corrected chi connectivity index (χ3v) is 2.05. The van der Waals surface area contributed by atoms with E-state index in [9.17, 15) is 4.79 Å². The van der Waals surface area contributed by atoms with Crippen LogP contribution in [0.15, 0.2) is 43.2 Å². The predicted molar refractivity (Wildman–Crippen MR) is 61.3 cm³/mol. The predicted octanol–water partition coefficient (Wildman–Crippen LogP) is 3.13. The highest BCUT2D eigenvalue weighted by atomic mass is 35.5. The van der Waals surface area contributed by atoms with E-state index in [1.165, 1.54) is 6.08 Å². The van der Waals surface area contributed by atoms with Gasteiger partial charge in [0.05, 0.1) is 6.26 Å². The zero-order chi connectivity index (χ0) is 11.1. The van der Waals surface area contributed by atoms with Crippen molar-refractivity contribution in [2.24, 2.45) is 0 Å². The van der Waals surface area contributed by atoms with Gasteiger partial charge in [-0.25, -0.2) is 4.79 Å². The number of ether oxygens (including phenoxy) is 1. The fourth-order valence-electron chi connectivity index (χ4n) is 1.00. The second-order valence-corrected chi connectivity index (χ2v) is 3.08. The number of benzene rings is 1. The van der Waals surface area contributed by atoms with Crippen LogP contribution in [-0.4, -0.2) is 5.97 Å². The lowest BCUT2D eigenvalue weighted by Crippen LogP contribution is -1.92. The summed E-state index contributed by atoms with van der Waals surface area (Å²) < 4.78 is 4.53. The average Bonchev–Trinajstić information content (AvgIpc) is 2.27. The van der Waals surface area contributed by atoms with E-state index in [0.29, 0.717) is 5.88 Å². The molecular formula is C12H11ClO2. The number of rotatable bonds is 4. The minimum Gasteiger partial charge on any atom is -0.432 e. The van der Waals surface area contributed by atoms with E-state index in [-0.39, 0.29) is 0 Å². The molecule has 2 nitrogen and oxygen atoms in total. The van der Waals surface area contributed by atoms with Gasteiger partial charge >= 0.3 is 5.97 Å². The van der Waals surface area contributed by atoms with Crippen molar-refractivity contribution in [3.8, 4) is 0 Å². The number of hydrogen-bond acceptors (Lipinski definition) is 2. The molecule has 0 unspecified atom stereocenters. The number of alkyl halides is 1. The molecule has 0 bridgehead atoms. The number of carbonyl (C=O) groups excluding carboxylic acids is 1. The Morgan fingerprint density at radius 1 is 1.40 bits per heavy atom. The van der Waals surface area contributed by atoms with Gasteiger partial charge in [-0.2, -0.15) is 0 Å². The molecule has 0 aliphatic carbocycles. The molecule has 1 aromatic rings. The summed E-state index contributed by atoms with van der Waals surface area (Å²) in [6.45, 7) is 3.29. The largest absolute Gasteiger partial charge is 0.432 e. The van der Waals surface area contributed by atoms with E-state index >= 15 is 0 Å². The third kappa shape index (κ3) is 4.00. The average molecular weight is 223 g/mol. The van der Waals surface area contributed by atoms with E-state index in [4.69, 9.17) is 11.6 Å². The van der Waals surface area contributed by atoms with Gasteiger partial charge in [0.25, 0.3) is 0 Å². The van der Waals surface area contributed by atoms with Crippen LogP contribution in [0.25, 0.3) is 6.08 Å². The number of carbonyl (C=O) groups is 1. The second kappa shape index (κ2) is 6.04. The lowest BCUT2D eigenvalue weighted by atomic mass is 10.1. The van der Waals surface area contributed by atoms with Gasteiger partial charge in [0.15, 0.2) is 0 Å². The maximum atomic E-state index is 10.9. The fraction of sp³-hybridized carbons (Fsp3) is 0.0833. The van der Waals surface area contributed by atoms with E-state index < -0.39 is 5.97 Å². The van der Waals surface area contributed by atoms with Crippen LogP contribution in [0.2, 0.25) is 0 Å². The quantitative estimate of drug-likeness (QED) is 0.339. The van der Waals surface area contributed by atoms with E-state index in [2.05, 4.69) is 11.3 Å². The molecule has 0 N–H and O–H groups in total. The molecule has 0 aliphatic heterocycles. The summed E-state index contributed by atoms with van der Waals surface area (Å²) in [4.78, 5) is 10.9. The zero-order valence-corrected chi connectivity index (χ0v) is 8.91.